The molecule has 1 aliphatic carbocycles. The van der Waals surface area contributed by atoms with Crippen LogP contribution in [0, 0.1) is 0 Å². The van der Waals surface area contributed by atoms with Gasteiger partial charge in [0.15, 0.2) is 11.6 Å². The lowest BCUT2D eigenvalue weighted by atomic mass is 9.90. The van der Waals surface area contributed by atoms with Crippen molar-refractivity contribution in [1.29, 1.82) is 0 Å². The third kappa shape index (κ3) is 2.59. The van der Waals surface area contributed by atoms with Crippen LogP contribution in [0.1, 0.15) is 32.3 Å². The number of fused-ring (bicyclic) bond motifs is 3. The zero-order chi connectivity index (χ0) is 21.8. The summed E-state index contributed by atoms with van der Waals surface area (Å²) >= 11 is 0. The first-order valence-corrected chi connectivity index (χ1v) is 10.5. The molecule has 4 heteroatoms. The van der Waals surface area contributed by atoms with Crippen LogP contribution in [0.2, 0.25) is 0 Å². The Kier molecular flexibility index (Phi) is 3.95. The maximum Gasteiger partial charge on any atom is 0.181 e. The maximum absolute atomic E-state index is 13.8. The second-order valence-electron chi connectivity index (χ2n) is 8.08. The monoisotopic (exact) mass is 414 g/mol. The van der Waals surface area contributed by atoms with Crippen molar-refractivity contribution in [2.24, 2.45) is 0 Å². The lowest BCUT2D eigenvalue weighted by Crippen LogP contribution is -2.14. The summed E-state index contributed by atoms with van der Waals surface area (Å²) in [6.45, 7) is 0. The summed E-state index contributed by atoms with van der Waals surface area (Å²) < 4.78 is 0. The second-order valence-corrected chi connectivity index (χ2v) is 8.08. The molecule has 4 nitrogen and oxygen atoms in total. The lowest BCUT2D eigenvalue weighted by molar-refractivity contribution is 0.0888. The number of rotatable bonds is 2. The van der Waals surface area contributed by atoms with Gasteiger partial charge in [0.1, 0.15) is 5.92 Å². The van der Waals surface area contributed by atoms with Gasteiger partial charge in [-0.3, -0.25) is 9.59 Å². The Morgan fingerprint density at radius 2 is 1.44 bits per heavy atom. The van der Waals surface area contributed by atoms with Crippen LogP contribution < -0.4 is 5.73 Å². The molecular formula is C28H18N2O2. The first-order chi connectivity index (χ1) is 15.6. The van der Waals surface area contributed by atoms with Gasteiger partial charge in [0.05, 0.1) is 16.9 Å². The van der Waals surface area contributed by atoms with Gasteiger partial charge < -0.3 is 5.73 Å². The SMILES string of the molecule is Nc1cccc2ccc(C3C(=O)c4cc5ccccc5c(-c5ccccc5)c4C3=O)nc12. The van der Waals surface area contributed by atoms with Crippen LogP contribution in [0.5, 0.6) is 0 Å². The fourth-order valence-electron chi connectivity index (χ4n) is 4.74. The largest absolute Gasteiger partial charge is 0.397 e. The van der Waals surface area contributed by atoms with Crippen LogP contribution in [-0.2, 0) is 0 Å². The van der Waals surface area contributed by atoms with E-state index in [-0.39, 0.29) is 11.6 Å². The van der Waals surface area contributed by atoms with Crippen molar-refractivity contribution >= 4 is 38.9 Å². The van der Waals surface area contributed by atoms with E-state index < -0.39 is 5.92 Å². The summed E-state index contributed by atoms with van der Waals surface area (Å²) in [6, 6.07) is 28.6. The molecule has 1 aliphatic rings. The Morgan fingerprint density at radius 1 is 0.688 bits per heavy atom. The molecule has 32 heavy (non-hydrogen) atoms. The van der Waals surface area contributed by atoms with Crippen LogP contribution in [0.4, 0.5) is 5.69 Å². The molecule has 1 heterocycles. The lowest BCUT2D eigenvalue weighted by Gasteiger charge is -2.12. The Labute approximate surface area is 184 Å². The van der Waals surface area contributed by atoms with Crippen molar-refractivity contribution in [3.8, 4) is 11.1 Å². The first-order valence-electron chi connectivity index (χ1n) is 10.5. The van der Waals surface area contributed by atoms with Crippen LogP contribution in [0.3, 0.4) is 0 Å². The molecular weight excluding hydrogens is 396 g/mol. The van der Waals surface area contributed by atoms with Crippen LogP contribution >= 0.6 is 0 Å². The van der Waals surface area contributed by atoms with E-state index in [1.807, 2.05) is 78.9 Å². The Hall–Kier alpha value is -4.31. The summed E-state index contributed by atoms with van der Waals surface area (Å²) in [5.74, 6) is -1.39. The van der Waals surface area contributed by atoms with Gasteiger partial charge in [0, 0.05) is 22.1 Å². The van der Waals surface area contributed by atoms with Crippen LogP contribution in [-0.4, -0.2) is 16.6 Å². The molecule has 0 fully saturated rings. The van der Waals surface area contributed by atoms with E-state index in [1.54, 1.807) is 12.1 Å². The highest BCUT2D eigenvalue weighted by Gasteiger charge is 2.42. The maximum atomic E-state index is 13.8. The Bertz CT molecular complexity index is 1570. The van der Waals surface area contributed by atoms with E-state index in [0.29, 0.717) is 28.0 Å². The van der Waals surface area contributed by atoms with Crippen molar-refractivity contribution < 1.29 is 9.59 Å². The van der Waals surface area contributed by atoms with Crippen molar-refractivity contribution in [2.45, 2.75) is 5.92 Å². The van der Waals surface area contributed by atoms with Gasteiger partial charge >= 0.3 is 0 Å². The number of ketones is 2. The molecule has 0 saturated carbocycles. The van der Waals surface area contributed by atoms with E-state index in [9.17, 15) is 9.59 Å². The number of aromatic nitrogens is 1. The number of hydrogen-bond donors (Lipinski definition) is 1. The molecule has 0 aliphatic heterocycles. The van der Waals surface area contributed by atoms with E-state index in [4.69, 9.17) is 5.73 Å². The van der Waals surface area contributed by atoms with Gasteiger partial charge in [-0.2, -0.15) is 0 Å². The predicted molar refractivity (Wildman–Crippen MR) is 127 cm³/mol. The molecule has 5 aromatic rings. The molecule has 1 atom stereocenters. The summed E-state index contributed by atoms with van der Waals surface area (Å²) in [5.41, 5.74) is 10.3. The minimum Gasteiger partial charge on any atom is -0.397 e. The van der Waals surface area contributed by atoms with Crippen molar-refractivity contribution in [3.63, 3.8) is 0 Å². The molecule has 6 rings (SSSR count). The number of para-hydroxylation sites is 1. The van der Waals surface area contributed by atoms with Crippen molar-refractivity contribution in [3.05, 3.63) is 108 Å². The quantitative estimate of drug-likeness (QED) is 0.293. The molecule has 152 valence electrons. The zero-order valence-electron chi connectivity index (χ0n) is 17.1. The number of Topliss-reactive ketones (excluding diaryl/α,β-unsaturated/α-hetero) is 2. The minimum absolute atomic E-state index is 0.212. The number of pyridine rings is 1. The number of hydrogen-bond acceptors (Lipinski definition) is 4. The molecule has 0 spiro atoms. The fourth-order valence-corrected chi connectivity index (χ4v) is 4.74. The third-order valence-corrected chi connectivity index (χ3v) is 6.22. The molecule has 0 bridgehead atoms. The number of carbonyl (C=O) groups is 2. The highest BCUT2D eigenvalue weighted by atomic mass is 16.2. The molecule has 0 saturated heterocycles. The Morgan fingerprint density at radius 3 is 2.28 bits per heavy atom. The standard InChI is InChI=1S/C28H18N2O2/c29-21-12-6-10-17-13-14-22(30-26(17)21)25-27(31)20-15-18-9-4-5-11-19(18)23(24(20)28(25)32)16-7-2-1-3-8-16/h1-15,25H,29H2. The molecule has 1 unspecified atom stereocenters. The summed E-state index contributed by atoms with van der Waals surface area (Å²) in [4.78, 5) is 32.0. The summed E-state index contributed by atoms with van der Waals surface area (Å²) in [6.07, 6.45) is 0. The molecule has 0 radical (unpaired) electrons. The highest BCUT2D eigenvalue weighted by molar-refractivity contribution is 6.33. The number of anilines is 1. The number of benzene rings is 4. The van der Waals surface area contributed by atoms with Gasteiger partial charge in [-0.05, 0) is 34.5 Å². The van der Waals surface area contributed by atoms with E-state index in [0.717, 1.165) is 27.3 Å². The van der Waals surface area contributed by atoms with Gasteiger partial charge in [-0.25, -0.2) is 4.98 Å². The average Bonchev–Trinajstić information content (AvgIpc) is 3.08. The zero-order valence-corrected chi connectivity index (χ0v) is 17.1. The highest BCUT2D eigenvalue weighted by Crippen LogP contribution is 2.43. The van der Waals surface area contributed by atoms with Crippen LogP contribution in [0.15, 0.2) is 91.0 Å². The Balaban J connectivity index is 1.61. The average molecular weight is 414 g/mol. The van der Waals surface area contributed by atoms with E-state index >= 15 is 0 Å². The van der Waals surface area contributed by atoms with Gasteiger partial charge in [0.25, 0.3) is 0 Å². The van der Waals surface area contributed by atoms with Gasteiger partial charge in [-0.15, -0.1) is 0 Å². The molecule has 4 aromatic carbocycles. The number of carbonyl (C=O) groups excluding carboxylic acids is 2. The summed E-state index contributed by atoms with van der Waals surface area (Å²) in [7, 11) is 0. The minimum atomic E-state index is -0.965. The van der Waals surface area contributed by atoms with Gasteiger partial charge in [0.2, 0.25) is 0 Å². The third-order valence-electron chi connectivity index (χ3n) is 6.22. The first kappa shape index (κ1) is 18.5. The van der Waals surface area contributed by atoms with E-state index in [2.05, 4.69) is 4.98 Å². The van der Waals surface area contributed by atoms with Crippen molar-refractivity contribution in [2.75, 3.05) is 5.73 Å². The molecule has 0 amide bonds. The number of nitrogen functional groups attached to an aromatic ring is 1. The number of nitrogens with two attached hydrogens (primary N) is 1. The van der Waals surface area contributed by atoms with Crippen LogP contribution in [0.25, 0.3) is 32.8 Å². The fraction of sp³-hybridized carbons (Fsp3) is 0.0357. The van der Waals surface area contributed by atoms with E-state index in [1.165, 1.54) is 0 Å². The molecule has 1 aromatic heterocycles. The smallest absolute Gasteiger partial charge is 0.181 e. The number of nitrogens with zero attached hydrogens (tertiary/aromatic N) is 1. The predicted octanol–water partition coefficient (Wildman–Crippen LogP) is 5.80. The topological polar surface area (TPSA) is 73.1 Å². The second kappa shape index (κ2) is 6.86. The normalized spacial score (nSPS) is 15.4. The summed E-state index contributed by atoms with van der Waals surface area (Å²) in [5, 5.41) is 2.76. The van der Waals surface area contributed by atoms with Crippen molar-refractivity contribution in [1.82, 2.24) is 4.98 Å². The van der Waals surface area contributed by atoms with Gasteiger partial charge in [-0.1, -0.05) is 72.8 Å². The molecule has 2 N–H and O–H groups in total.